The van der Waals surface area contributed by atoms with Crippen LogP contribution in [0, 0.1) is 13.8 Å². The van der Waals surface area contributed by atoms with Crippen molar-refractivity contribution >= 4 is 5.97 Å². The molecule has 20 heavy (non-hydrogen) atoms. The van der Waals surface area contributed by atoms with Crippen molar-refractivity contribution in [3.05, 3.63) is 46.8 Å². The minimum absolute atomic E-state index is 0.333. The molecule has 5 heteroatoms. The van der Waals surface area contributed by atoms with Crippen LogP contribution in [0.1, 0.15) is 27.3 Å². The molecule has 0 amide bonds. The molecule has 2 rings (SSSR count). The molecule has 0 radical (unpaired) electrons. The second kappa shape index (κ2) is 5.88. The van der Waals surface area contributed by atoms with Crippen LogP contribution >= 0.6 is 0 Å². The van der Waals surface area contributed by atoms with Gasteiger partial charge in [0.15, 0.2) is 0 Å². The summed E-state index contributed by atoms with van der Waals surface area (Å²) in [4.78, 5) is 11.4. The summed E-state index contributed by atoms with van der Waals surface area (Å²) in [6.07, 6.45) is 0. The number of benzene rings is 1. The normalized spacial score (nSPS) is 10.6. The van der Waals surface area contributed by atoms with Gasteiger partial charge in [-0.3, -0.25) is 0 Å². The van der Waals surface area contributed by atoms with E-state index in [-0.39, 0.29) is 5.97 Å². The third-order valence-corrected chi connectivity index (χ3v) is 3.33. The number of hydrogen-bond acceptors (Lipinski definition) is 4. The SMILES string of the molecule is CNCc1c(C)nn(-c2ccc(C(=O)OC)cc2)c1C. The third-order valence-electron chi connectivity index (χ3n) is 3.33. The van der Waals surface area contributed by atoms with Crippen LogP contribution in [-0.4, -0.2) is 29.9 Å². The van der Waals surface area contributed by atoms with Gasteiger partial charge in [-0.25, -0.2) is 9.48 Å². The third kappa shape index (κ3) is 2.58. The summed E-state index contributed by atoms with van der Waals surface area (Å²) in [5.74, 6) is -0.333. The molecule has 2 aromatic rings. The van der Waals surface area contributed by atoms with Crippen LogP contribution in [0.2, 0.25) is 0 Å². The molecule has 0 bridgehead atoms. The summed E-state index contributed by atoms with van der Waals surface area (Å²) < 4.78 is 6.58. The molecule has 0 aliphatic rings. The Morgan fingerprint density at radius 1 is 1.30 bits per heavy atom. The van der Waals surface area contributed by atoms with Gasteiger partial charge in [0.25, 0.3) is 0 Å². The topological polar surface area (TPSA) is 56.2 Å². The quantitative estimate of drug-likeness (QED) is 0.866. The number of carbonyl (C=O) groups excluding carboxylic acids is 1. The Kier molecular flexibility index (Phi) is 4.20. The Hall–Kier alpha value is -2.14. The monoisotopic (exact) mass is 273 g/mol. The summed E-state index contributed by atoms with van der Waals surface area (Å²) >= 11 is 0. The molecule has 1 N–H and O–H groups in total. The van der Waals surface area contributed by atoms with Crippen molar-refractivity contribution in [2.75, 3.05) is 14.2 Å². The second-order valence-corrected chi connectivity index (χ2v) is 4.63. The van der Waals surface area contributed by atoms with Crippen molar-refractivity contribution in [2.45, 2.75) is 20.4 Å². The van der Waals surface area contributed by atoms with E-state index in [4.69, 9.17) is 4.74 Å². The molecule has 1 aromatic heterocycles. The van der Waals surface area contributed by atoms with Crippen LogP contribution in [0.5, 0.6) is 0 Å². The molecular formula is C15H19N3O2. The van der Waals surface area contributed by atoms with Crippen molar-refractivity contribution in [1.82, 2.24) is 15.1 Å². The van der Waals surface area contributed by atoms with Crippen LogP contribution in [0.15, 0.2) is 24.3 Å². The van der Waals surface area contributed by atoms with E-state index in [9.17, 15) is 4.79 Å². The average Bonchev–Trinajstić information content (AvgIpc) is 2.75. The predicted molar refractivity (Wildman–Crippen MR) is 77.1 cm³/mol. The highest BCUT2D eigenvalue weighted by Gasteiger charge is 2.12. The summed E-state index contributed by atoms with van der Waals surface area (Å²) in [5.41, 5.74) is 4.77. The van der Waals surface area contributed by atoms with Gasteiger partial charge in [0.05, 0.1) is 24.1 Å². The van der Waals surface area contributed by atoms with E-state index in [2.05, 4.69) is 10.4 Å². The van der Waals surface area contributed by atoms with Crippen LogP contribution in [-0.2, 0) is 11.3 Å². The number of aromatic nitrogens is 2. The van der Waals surface area contributed by atoms with Gasteiger partial charge in [-0.1, -0.05) is 0 Å². The Bertz CT molecular complexity index is 615. The maximum Gasteiger partial charge on any atom is 0.337 e. The van der Waals surface area contributed by atoms with Gasteiger partial charge in [-0.2, -0.15) is 5.10 Å². The smallest absolute Gasteiger partial charge is 0.337 e. The molecule has 106 valence electrons. The molecule has 0 saturated carbocycles. The highest BCUT2D eigenvalue weighted by molar-refractivity contribution is 5.89. The highest BCUT2D eigenvalue weighted by atomic mass is 16.5. The minimum Gasteiger partial charge on any atom is -0.465 e. The van der Waals surface area contributed by atoms with E-state index in [1.165, 1.54) is 12.7 Å². The Balaban J connectivity index is 2.37. The van der Waals surface area contributed by atoms with Crippen molar-refractivity contribution < 1.29 is 9.53 Å². The van der Waals surface area contributed by atoms with Gasteiger partial charge < -0.3 is 10.1 Å². The molecule has 0 unspecified atom stereocenters. The fourth-order valence-corrected chi connectivity index (χ4v) is 2.22. The first-order valence-electron chi connectivity index (χ1n) is 6.47. The minimum atomic E-state index is -0.333. The van der Waals surface area contributed by atoms with Crippen LogP contribution in [0.25, 0.3) is 5.69 Å². The number of hydrogen-bond donors (Lipinski definition) is 1. The first kappa shape index (κ1) is 14.3. The van der Waals surface area contributed by atoms with Gasteiger partial charge in [-0.05, 0) is 45.2 Å². The predicted octanol–water partition coefficient (Wildman–Crippen LogP) is 2.00. The zero-order chi connectivity index (χ0) is 14.7. The molecule has 0 fully saturated rings. The van der Waals surface area contributed by atoms with Gasteiger partial charge in [0, 0.05) is 17.8 Å². The van der Waals surface area contributed by atoms with E-state index >= 15 is 0 Å². The zero-order valence-electron chi connectivity index (χ0n) is 12.2. The maximum absolute atomic E-state index is 11.4. The van der Waals surface area contributed by atoms with Crippen molar-refractivity contribution in [1.29, 1.82) is 0 Å². The standard InChI is InChI=1S/C15H19N3O2/c1-10-14(9-16-3)11(2)18(17-10)13-7-5-12(6-8-13)15(19)20-4/h5-8,16H,9H2,1-4H3. The molecule has 5 nitrogen and oxygen atoms in total. The molecule has 0 atom stereocenters. The highest BCUT2D eigenvalue weighted by Crippen LogP contribution is 2.18. The van der Waals surface area contributed by atoms with Gasteiger partial charge in [0.2, 0.25) is 0 Å². The summed E-state index contributed by atoms with van der Waals surface area (Å²) in [6, 6.07) is 7.23. The fourth-order valence-electron chi connectivity index (χ4n) is 2.22. The van der Waals surface area contributed by atoms with Crippen LogP contribution in [0.4, 0.5) is 0 Å². The van der Waals surface area contributed by atoms with Gasteiger partial charge >= 0.3 is 5.97 Å². The van der Waals surface area contributed by atoms with Crippen LogP contribution in [0.3, 0.4) is 0 Å². The van der Waals surface area contributed by atoms with Gasteiger partial charge in [-0.15, -0.1) is 0 Å². The first-order valence-corrected chi connectivity index (χ1v) is 6.47. The Morgan fingerprint density at radius 3 is 2.50 bits per heavy atom. The Morgan fingerprint density at radius 2 is 1.95 bits per heavy atom. The lowest BCUT2D eigenvalue weighted by Crippen LogP contribution is -2.07. The number of aryl methyl sites for hydroxylation is 1. The number of nitrogens with zero attached hydrogens (tertiary/aromatic N) is 2. The zero-order valence-corrected chi connectivity index (χ0v) is 12.2. The lowest BCUT2D eigenvalue weighted by Gasteiger charge is -2.06. The molecular weight excluding hydrogens is 254 g/mol. The first-order chi connectivity index (χ1) is 9.58. The lowest BCUT2D eigenvalue weighted by molar-refractivity contribution is 0.0601. The average molecular weight is 273 g/mol. The summed E-state index contributed by atoms with van der Waals surface area (Å²) in [7, 11) is 3.29. The van der Waals surface area contributed by atoms with E-state index in [0.717, 1.165) is 23.6 Å². The number of rotatable bonds is 4. The molecule has 1 aromatic carbocycles. The number of methoxy groups -OCH3 is 1. The largest absolute Gasteiger partial charge is 0.465 e. The molecule has 0 spiro atoms. The molecule has 0 saturated heterocycles. The summed E-state index contributed by atoms with van der Waals surface area (Å²) in [6.45, 7) is 4.83. The molecule has 1 heterocycles. The van der Waals surface area contributed by atoms with Crippen molar-refractivity contribution in [3.63, 3.8) is 0 Å². The number of esters is 1. The van der Waals surface area contributed by atoms with E-state index in [1.807, 2.05) is 37.7 Å². The maximum atomic E-state index is 11.4. The number of nitrogens with one attached hydrogen (secondary N) is 1. The number of ether oxygens (including phenoxy) is 1. The summed E-state index contributed by atoms with van der Waals surface area (Å²) in [5, 5.41) is 7.70. The number of carbonyl (C=O) groups is 1. The van der Waals surface area contributed by atoms with Crippen LogP contribution < -0.4 is 5.32 Å². The van der Waals surface area contributed by atoms with Gasteiger partial charge in [0.1, 0.15) is 0 Å². The molecule has 0 aliphatic carbocycles. The second-order valence-electron chi connectivity index (χ2n) is 4.63. The van der Waals surface area contributed by atoms with Crippen molar-refractivity contribution in [3.8, 4) is 5.69 Å². The van der Waals surface area contributed by atoms with E-state index < -0.39 is 0 Å². The fraction of sp³-hybridized carbons (Fsp3) is 0.333. The lowest BCUT2D eigenvalue weighted by atomic mass is 10.2. The Labute approximate surface area is 118 Å². The van der Waals surface area contributed by atoms with E-state index in [1.54, 1.807) is 12.1 Å². The van der Waals surface area contributed by atoms with Crippen molar-refractivity contribution in [2.24, 2.45) is 0 Å². The molecule has 0 aliphatic heterocycles. The van der Waals surface area contributed by atoms with E-state index in [0.29, 0.717) is 5.56 Å².